The Balaban J connectivity index is 1.82. The molecule has 1 aliphatic heterocycles. The van der Waals surface area contributed by atoms with Crippen LogP contribution in [0.4, 0.5) is 0 Å². The number of nitrogens with zero attached hydrogens (tertiary/aromatic N) is 1. The summed E-state index contributed by atoms with van der Waals surface area (Å²) < 4.78 is 5.71. The maximum absolute atomic E-state index is 12.7. The van der Waals surface area contributed by atoms with E-state index in [0.29, 0.717) is 18.7 Å². The molecule has 1 aromatic rings. The van der Waals surface area contributed by atoms with Gasteiger partial charge in [0.15, 0.2) is 0 Å². The molecule has 1 aromatic carbocycles. The molecule has 108 valence electrons. The average molecular weight is 338 g/mol. The van der Waals surface area contributed by atoms with Crippen LogP contribution in [0.1, 0.15) is 36.0 Å². The van der Waals surface area contributed by atoms with Crippen molar-refractivity contribution in [3.05, 3.63) is 29.8 Å². The number of halogens is 1. The predicted molar refractivity (Wildman–Crippen MR) is 82.5 cm³/mol. The Morgan fingerprint density at radius 3 is 2.75 bits per heavy atom. The fourth-order valence-electron chi connectivity index (χ4n) is 3.32. The zero-order chi connectivity index (χ0) is 14.0. The Hall–Kier alpha value is -1.03. The third-order valence-electron chi connectivity index (χ3n) is 4.50. The number of benzene rings is 1. The highest BCUT2D eigenvalue weighted by Gasteiger charge is 2.37. The van der Waals surface area contributed by atoms with E-state index in [1.165, 1.54) is 25.7 Å². The summed E-state index contributed by atoms with van der Waals surface area (Å²) in [4.78, 5) is 14.7. The molecule has 1 heterocycles. The molecule has 0 saturated heterocycles. The highest BCUT2D eigenvalue weighted by atomic mass is 79.9. The summed E-state index contributed by atoms with van der Waals surface area (Å²) in [5, 5.41) is 0.978. The van der Waals surface area contributed by atoms with Crippen molar-refractivity contribution < 1.29 is 9.53 Å². The van der Waals surface area contributed by atoms with Gasteiger partial charge in [0.2, 0.25) is 0 Å². The van der Waals surface area contributed by atoms with Gasteiger partial charge < -0.3 is 9.64 Å². The van der Waals surface area contributed by atoms with Crippen LogP contribution in [0.15, 0.2) is 24.3 Å². The highest BCUT2D eigenvalue weighted by Crippen LogP contribution is 2.40. The minimum absolute atomic E-state index is 0.116. The van der Waals surface area contributed by atoms with E-state index in [4.69, 9.17) is 4.74 Å². The number of rotatable bonds is 3. The number of fused-ring (bicyclic) bond motifs is 1. The van der Waals surface area contributed by atoms with Crippen molar-refractivity contribution in [2.45, 2.75) is 25.7 Å². The van der Waals surface area contributed by atoms with Gasteiger partial charge in [-0.1, -0.05) is 40.9 Å². The molecule has 0 radical (unpaired) electrons. The molecule has 20 heavy (non-hydrogen) atoms. The van der Waals surface area contributed by atoms with Crippen molar-refractivity contribution in [3.8, 4) is 5.75 Å². The van der Waals surface area contributed by atoms with E-state index < -0.39 is 0 Å². The Labute approximate surface area is 128 Å². The molecule has 1 fully saturated rings. The number of carbonyl (C=O) groups is 1. The zero-order valence-electron chi connectivity index (χ0n) is 11.6. The van der Waals surface area contributed by atoms with E-state index in [1.807, 2.05) is 29.2 Å². The van der Waals surface area contributed by atoms with Gasteiger partial charge in [0, 0.05) is 11.9 Å². The van der Waals surface area contributed by atoms with Crippen LogP contribution in [0.25, 0.3) is 0 Å². The van der Waals surface area contributed by atoms with Gasteiger partial charge in [-0.15, -0.1) is 0 Å². The van der Waals surface area contributed by atoms with Gasteiger partial charge >= 0.3 is 0 Å². The van der Waals surface area contributed by atoms with E-state index in [2.05, 4.69) is 15.9 Å². The van der Waals surface area contributed by atoms with Crippen LogP contribution in [-0.4, -0.2) is 35.8 Å². The van der Waals surface area contributed by atoms with Gasteiger partial charge in [-0.3, -0.25) is 4.79 Å². The summed E-state index contributed by atoms with van der Waals surface area (Å²) in [5.74, 6) is 0.838. The van der Waals surface area contributed by atoms with E-state index in [-0.39, 0.29) is 11.3 Å². The molecule has 0 atom stereocenters. The molecular formula is C16H20BrNO2. The monoisotopic (exact) mass is 337 g/mol. The summed E-state index contributed by atoms with van der Waals surface area (Å²) in [5.41, 5.74) is 0.960. The Kier molecular flexibility index (Phi) is 4.01. The van der Waals surface area contributed by atoms with Crippen LogP contribution in [0.2, 0.25) is 0 Å². The molecule has 4 heteroatoms. The minimum Gasteiger partial charge on any atom is -0.491 e. The summed E-state index contributed by atoms with van der Waals surface area (Å²) >= 11 is 3.66. The molecule has 3 nitrogen and oxygen atoms in total. The molecule has 0 unspecified atom stereocenters. The SMILES string of the molecule is O=C1c2ccccc2OCCN1CC1(CBr)CCCC1. The van der Waals surface area contributed by atoms with Crippen molar-refractivity contribution in [1.29, 1.82) is 0 Å². The third-order valence-corrected chi connectivity index (χ3v) is 5.69. The molecule has 1 amide bonds. The number of amides is 1. The highest BCUT2D eigenvalue weighted by molar-refractivity contribution is 9.09. The van der Waals surface area contributed by atoms with E-state index >= 15 is 0 Å². The van der Waals surface area contributed by atoms with Crippen LogP contribution < -0.4 is 4.74 Å². The molecule has 0 aromatic heterocycles. The first-order valence-corrected chi connectivity index (χ1v) is 8.43. The van der Waals surface area contributed by atoms with Crippen LogP contribution in [-0.2, 0) is 0 Å². The van der Waals surface area contributed by atoms with Crippen molar-refractivity contribution in [1.82, 2.24) is 4.90 Å². The smallest absolute Gasteiger partial charge is 0.257 e. The van der Waals surface area contributed by atoms with E-state index in [0.717, 1.165) is 17.6 Å². The fraction of sp³-hybridized carbons (Fsp3) is 0.562. The number of alkyl halides is 1. The second-order valence-electron chi connectivity index (χ2n) is 5.91. The second-order valence-corrected chi connectivity index (χ2v) is 6.47. The molecular weight excluding hydrogens is 318 g/mol. The van der Waals surface area contributed by atoms with Crippen molar-refractivity contribution >= 4 is 21.8 Å². The van der Waals surface area contributed by atoms with Gasteiger partial charge in [-0.25, -0.2) is 0 Å². The Morgan fingerprint density at radius 1 is 1.25 bits per heavy atom. The van der Waals surface area contributed by atoms with Crippen LogP contribution >= 0.6 is 15.9 Å². The standard InChI is InChI=1S/C16H20BrNO2/c17-11-16(7-3-4-8-16)12-18-9-10-20-14-6-2-1-5-13(14)15(18)19/h1-2,5-6H,3-4,7-12H2. The van der Waals surface area contributed by atoms with E-state index in [1.54, 1.807) is 0 Å². The number of carbonyl (C=O) groups excluding carboxylic acids is 1. The fourth-order valence-corrected chi connectivity index (χ4v) is 4.06. The molecule has 1 saturated carbocycles. The first kappa shape index (κ1) is 13.9. The van der Waals surface area contributed by atoms with Crippen molar-refractivity contribution in [3.63, 3.8) is 0 Å². The molecule has 2 aliphatic rings. The lowest BCUT2D eigenvalue weighted by Crippen LogP contribution is -2.42. The number of para-hydroxylation sites is 1. The maximum atomic E-state index is 12.7. The predicted octanol–water partition coefficient (Wildman–Crippen LogP) is 3.48. The molecule has 3 rings (SSSR count). The lowest BCUT2D eigenvalue weighted by atomic mass is 9.88. The van der Waals surface area contributed by atoms with Gasteiger partial charge in [0.1, 0.15) is 12.4 Å². The van der Waals surface area contributed by atoms with Gasteiger partial charge in [0.05, 0.1) is 12.1 Å². The molecule has 0 N–H and O–H groups in total. The van der Waals surface area contributed by atoms with Gasteiger partial charge in [0.25, 0.3) is 5.91 Å². The number of hydrogen-bond donors (Lipinski definition) is 0. The molecule has 0 spiro atoms. The summed E-state index contributed by atoms with van der Waals surface area (Å²) in [6.45, 7) is 2.11. The maximum Gasteiger partial charge on any atom is 0.257 e. The summed E-state index contributed by atoms with van der Waals surface area (Å²) in [6.07, 6.45) is 4.98. The van der Waals surface area contributed by atoms with Gasteiger partial charge in [-0.05, 0) is 30.4 Å². The van der Waals surface area contributed by atoms with Crippen LogP contribution in [0.3, 0.4) is 0 Å². The van der Waals surface area contributed by atoms with Crippen LogP contribution in [0, 0.1) is 5.41 Å². The topological polar surface area (TPSA) is 29.5 Å². The lowest BCUT2D eigenvalue weighted by molar-refractivity contribution is 0.0676. The largest absolute Gasteiger partial charge is 0.491 e. The number of ether oxygens (including phenoxy) is 1. The van der Waals surface area contributed by atoms with Crippen LogP contribution in [0.5, 0.6) is 5.75 Å². The summed E-state index contributed by atoms with van der Waals surface area (Å²) in [6, 6.07) is 7.57. The third kappa shape index (κ3) is 2.58. The summed E-state index contributed by atoms with van der Waals surface area (Å²) in [7, 11) is 0. The first-order valence-electron chi connectivity index (χ1n) is 7.31. The number of hydrogen-bond acceptors (Lipinski definition) is 2. The molecule has 0 bridgehead atoms. The quantitative estimate of drug-likeness (QED) is 0.790. The Morgan fingerprint density at radius 2 is 2.00 bits per heavy atom. The van der Waals surface area contributed by atoms with Crippen molar-refractivity contribution in [2.75, 3.05) is 25.0 Å². The lowest BCUT2D eigenvalue weighted by Gasteiger charge is -2.33. The van der Waals surface area contributed by atoms with Gasteiger partial charge in [-0.2, -0.15) is 0 Å². The normalized spacial score (nSPS) is 21.2. The van der Waals surface area contributed by atoms with Crippen molar-refractivity contribution in [2.24, 2.45) is 5.41 Å². The minimum atomic E-state index is 0.116. The second kappa shape index (κ2) is 5.76. The zero-order valence-corrected chi connectivity index (χ0v) is 13.2. The first-order chi connectivity index (χ1) is 9.74. The Bertz CT molecular complexity index is 497. The average Bonchev–Trinajstić information content (AvgIpc) is 2.89. The molecule has 1 aliphatic carbocycles. The van der Waals surface area contributed by atoms with E-state index in [9.17, 15) is 4.79 Å².